The van der Waals surface area contributed by atoms with Crippen LogP contribution in [0.4, 0.5) is 0 Å². The van der Waals surface area contributed by atoms with Crippen LogP contribution in [0, 0.1) is 0 Å². The van der Waals surface area contributed by atoms with Gasteiger partial charge in [-0.15, -0.1) is 11.3 Å². The number of hydrogen-bond acceptors (Lipinski definition) is 6. The molecule has 8 heteroatoms. The van der Waals surface area contributed by atoms with Crippen LogP contribution in [0.3, 0.4) is 0 Å². The second-order valence-electron chi connectivity index (χ2n) is 7.16. The van der Waals surface area contributed by atoms with Gasteiger partial charge in [0, 0.05) is 25.2 Å². The van der Waals surface area contributed by atoms with Gasteiger partial charge in [-0.3, -0.25) is 9.69 Å². The zero-order valence-corrected chi connectivity index (χ0v) is 18.8. The maximum absolute atomic E-state index is 12.9. The number of benzene rings is 2. The molecule has 162 valence electrons. The Hall–Kier alpha value is -2.45. The van der Waals surface area contributed by atoms with E-state index in [1.165, 1.54) is 11.3 Å². The van der Waals surface area contributed by atoms with E-state index in [4.69, 9.17) is 21.1 Å². The van der Waals surface area contributed by atoms with Crippen molar-refractivity contribution in [1.29, 1.82) is 0 Å². The maximum Gasteiger partial charge on any atom is 0.263 e. The van der Waals surface area contributed by atoms with Gasteiger partial charge in [-0.05, 0) is 23.8 Å². The van der Waals surface area contributed by atoms with Crippen LogP contribution in [-0.2, 0) is 4.74 Å². The highest BCUT2D eigenvalue weighted by molar-refractivity contribution is 7.17. The summed E-state index contributed by atoms with van der Waals surface area (Å²) in [4.78, 5) is 20.2. The second-order valence-corrected chi connectivity index (χ2v) is 8.59. The van der Waals surface area contributed by atoms with E-state index in [1.807, 2.05) is 48.5 Å². The van der Waals surface area contributed by atoms with E-state index in [-0.39, 0.29) is 11.9 Å². The predicted molar refractivity (Wildman–Crippen MR) is 123 cm³/mol. The van der Waals surface area contributed by atoms with Crippen LogP contribution in [0.25, 0.3) is 10.6 Å². The van der Waals surface area contributed by atoms with Crippen LogP contribution >= 0.6 is 22.9 Å². The van der Waals surface area contributed by atoms with E-state index in [0.29, 0.717) is 29.7 Å². The van der Waals surface area contributed by atoms with Crippen molar-refractivity contribution in [1.82, 2.24) is 15.2 Å². The summed E-state index contributed by atoms with van der Waals surface area (Å²) in [5, 5.41) is 4.44. The molecule has 1 unspecified atom stereocenters. The molecule has 2 heterocycles. The van der Waals surface area contributed by atoms with Gasteiger partial charge in [0.05, 0.1) is 37.6 Å². The molecule has 1 aliphatic rings. The predicted octanol–water partition coefficient (Wildman–Crippen LogP) is 4.28. The number of halogens is 1. The number of rotatable bonds is 7. The molecule has 1 fully saturated rings. The molecule has 2 aromatic carbocycles. The quantitative estimate of drug-likeness (QED) is 0.573. The number of aromatic nitrogens is 1. The number of carbonyl (C=O) groups excluding carboxylic acids is 1. The molecule has 4 rings (SSSR count). The Morgan fingerprint density at radius 1 is 1.23 bits per heavy atom. The Balaban J connectivity index is 1.47. The summed E-state index contributed by atoms with van der Waals surface area (Å²) in [5.41, 5.74) is 1.96. The SMILES string of the molecule is COc1ccc(C(CNC(=O)c2cnc(-c3ccccc3Cl)s2)N2CCOCC2)cc1. The van der Waals surface area contributed by atoms with Gasteiger partial charge < -0.3 is 14.8 Å². The first-order valence-electron chi connectivity index (χ1n) is 10.1. The molecule has 1 amide bonds. The Kier molecular flexibility index (Phi) is 7.19. The van der Waals surface area contributed by atoms with Crippen LogP contribution < -0.4 is 10.1 Å². The van der Waals surface area contributed by atoms with Crippen LogP contribution in [-0.4, -0.2) is 55.7 Å². The number of amides is 1. The van der Waals surface area contributed by atoms with Crippen molar-refractivity contribution in [3.8, 4) is 16.3 Å². The third-order valence-electron chi connectivity index (χ3n) is 5.28. The van der Waals surface area contributed by atoms with Gasteiger partial charge in [-0.25, -0.2) is 4.98 Å². The molecule has 3 aromatic rings. The highest BCUT2D eigenvalue weighted by Crippen LogP contribution is 2.31. The van der Waals surface area contributed by atoms with Gasteiger partial charge in [0.25, 0.3) is 5.91 Å². The summed E-state index contributed by atoms with van der Waals surface area (Å²) in [5.74, 6) is 0.674. The number of ether oxygens (including phenoxy) is 2. The summed E-state index contributed by atoms with van der Waals surface area (Å²) in [6.07, 6.45) is 1.61. The lowest BCUT2D eigenvalue weighted by Crippen LogP contribution is -2.43. The Morgan fingerprint density at radius 2 is 1.97 bits per heavy atom. The fourth-order valence-corrected chi connectivity index (χ4v) is 4.74. The third-order valence-corrected chi connectivity index (χ3v) is 6.64. The monoisotopic (exact) mass is 457 g/mol. The molecule has 0 spiro atoms. The lowest BCUT2D eigenvalue weighted by atomic mass is 10.0. The van der Waals surface area contributed by atoms with Crippen LogP contribution in [0.2, 0.25) is 5.02 Å². The molecule has 0 radical (unpaired) electrons. The van der Waals surface area contributed by atoms with Crippen molar-refractivity contribution < 1.29 is 14.3 Å². The smallest absolute Gasteiger partial charge is 0.263 e. The molecule has 31 heavy (non-hydrogen) atoms. The Labute approximate surface area is 190 Å². The van der Waals surface area contributed by atoms with E-state index in [1.54, 1.807) is 13.3 Å². The minimum atomic E-state index is -0.137. The number of morpholine rings is 1. The number of hydrogen-bond donors (Lipinski definition) is 1. The molecule has 1 atom stereocenters. The van der Waals surface area contributed by atoms with Crippen molar-refractivity contribution in [2.75, 3.05) is 40.0 Å². The zero-order valence-electron chi connectivity index (χ0n) is 17.2. The minimum Gasteiger partial charge on any atom is -0.497 e. The van der Waals surface area contributed by atoms with Crippen LogP contribution in [0.15, 0.2) is 54.7 Å². The average Bonchev–Trinajstić information content (AvgIpc) is 3.31. The highest BCUT2D eigenvalue weighted by Gasteiger charge is 2.24. The highest BCUT2D eigenvalue weighted by atomic mass is 35.5. The third kappa shape index (κ3) is 5.25. The van der Waals surface area contributed by atoms with Crippen molar-refractivity contribution >= 4 is 28.8 Å². The summed E-state index contributed by atoms with van der Waals surface area (Å²) in [6, 6.07) is 15.5. The number of methoxy groups -OCH3 is 1. The normalized spacial score (nSPS) is 15.4. The first-order valence-corrected chi connectivity index (χ1v) is 11.3. The van der Waals surface area contributed by atoms with Gasteiger partial charge in [-0.1, -0.05) is 41.9 Å². The van der Waals surface area contributed by atoms with Crippen molar-refractivity contribution in [3.05, 3.63) is 70.2 Å². The lowest BCUT2D eigenvalue weighted by Gasteiger charge is -2.35. The van der Waals surface area contributed by atoms with Gasteiger partial charge in [0.2, 0.25) is 0 Å². The van der Waals surface area contributed by atoms with Gasteiger partial charge in [0.1, 0.15) is 15.6 Å². The summed E-state index contributed by atoms with van der Waals surface area (Å²) < 4.78 is 10.8. The first kappa shape index (κ1) is 21.8. The molecule has 1 aromatic heterocycles. The number of thiazole rings is 1. The number of nitrogens with zero attached hydrogens (tertiary/aromatic N) is 2. The fraction of sp³-hybridized carbons (Fsp3) is 0.304. The lowest BCUT2D eigenvalue weighted by molar-refractivity contribution is 0.0162. The van der Waals surface area contributed by atoms with Crippen molar-refractivity contribution in [3.63, 3.8) is 0 Å². The van der Waals surface area contributed by atoms with E-state index < -0.39 is 0 Å². The van der Waals surface area contributed by atoms with Crippen LogP contribution in [0.1, 0.15) is 21.3 Å². The first-order chi connectivity index (χ1) is 15.2. The fourth-order valence-electron chi connectivity index (χ4n) is 3.59. The van der Waals surface area contributed by atoms with E-state index in [9.17, 15) is 4.79 Å². The molecular weight excluding hydrogens is 434 g/mol. The van der Waals surface area contributed by atoms with Gasteiger partial charge >= 0.3 is 0 Å². The van der Waals surface area contributed by atoms with E-state index in [0.717, 1.165) is 35.0 Å². The molecule has 0 bridgehead atoms. The Morgan fingerprint density at radius 3 is 2.68 bits per heavy atom. The molecule has 1 saturated heterocycles. The largest absolute Gasteiger partial charge is 0.497 e. The van der Waals surface area contributed by atoms with E-state index in [2.05, 4.69) is 15.2 Å². The Bertz CT molecular complexity index is 1020. The maximum atomic E-state index is 12.9. The minimum absolute atomic E-state index is 0.0507. The standard InChI is InChI=1S/C23H24ClN3O3S/c1-29-17-8-6-16(7-9-17)20(27-10-12-30-13-11-27)14-25-22(28)21-15-26-23(31-21)18-4-2-3-5-19(18)24/h2-9,15,20H,10-14H2,1H3,(H,25,28). The summed E-state index contributed by atoms with van der Waals surface area (Å²) in [7, 11) is 1.65. The number of carbonyl (C=O) groups is 1. The molecule has 1 aliphatic heterocycles. The van der Waals surface area contributed by atoms with E-state index >= 15 is 0 Å². The molecule has 0 saturated carbocycles. The summed E-state index contributed by atoms with van der Waals surface area (Å²) in [6.45, 7) is 3.52. The van der Waals surface area contributed by atoms with Crippen molar-refractivity contribution in [2.45, 2.75) is 6.04 Å². The topological polar surface area (TPSA) is 63.7 Å². The van der Waals surface area contributed by atoms with Gasteiger partial charge in [-0.2, -0.15) is 0 Å². The molecule has 0 aliphatic carbocycles. The van der Waals surface area contributed by atoms with Crippen molar-refractivity contribution in [2.24, 2.45) is 0 Å². The van der Waals surface area contributed by atoms with Gasteiger partial charge in [0.15, 0.2) is 0 Å². The molecule has 1 N–H and O–H groups in total. The zero-order chi connectivity index (χ0) is 21.6. The number of nitrogens with one attached hydrogen (secondary N) is 1. The summed E-state index contributed by atoms with van der Waals surface area (Å²) >= 11 is 7.61. The average molecular weight is 458 g/mol. The van der Waals surface area contributed by atoms with Crippen LogP contribution in [0.5, 0.6) is 5.75 Å². The second kappa shape index (κ2) is 10.2. The molecular formula is C23H24ClN3O3S. The molecule has 6 nitrogen and oxygen atoms in total.